The lowest BCUT2D eigenvalue weighted by atomic mass is 9.95. The molecule has 8 heteroatoms. The van der Waals surface area contributed by atoms with Gasteiger partial charge in [-0.25, -0.2) is 0 Å². The maximum atomic E-state index is 12.8. The molecule has 0 aromatic heterocycles. The van der Waals surface area contributed by atoms with Gasteiger partial charge in [-0.05, 0) is 95.7 Å². The Bertz CT molecular complexity index is 889. The summed E-state index contributed by atoms with van der Waals surface area (Å²) in [5, 5.41) is 9.12. The molecule has 0 fully saturated rings. The first-order chi connectivity index (χ1) is 29.3. The zero-order chi connectivity index (χ0) is 44.2. The fourth-order valence-corrected chi connectivity index (χ4v) is 8.31. The van der Waals surface area contributed by atoms with E-state index in [0.717, 1.165) is 64.6 Å². The number of hydrogen-bond donors (Lipinski definition) is 1. The van der Waals surface area contributed by atoms with Crippen molar-refractivity contribution in [1.82, 2.24) is 9.80 Å². The molecule has 0 saturated carbocycles. The Labute approximate surface area is 372 Å². The van der Waals surface area contributed by atoms with Crippen molar-refractivity contribution < 1.29 is 29.0 Å². The Morgan fingerprint density at radius 3 is 1.17 bits per heavy atom. The van der Waals surface area contributed by atoms with Crippen LogP contribution >= 0.6 is 0 Å². The summed E-state index contributed by atoms with van der Waals surface area (Å²) in [4.78, 5) is 42.2. The lowest BCUT2D eigenvalue weighted by Crippen LogP contribution is -2.32. The standard InChI is InChI=1S/C52H102N2O6/c1-6-10-14-18-20-26-36-48(34-24-16-12-8-3)46-59-51(57)39-28-22-30-42-54(44-33-41-53(5)50(56)38-32-45-55)43-31-23-29-40-52(58)60-47-49(35-25-17-13-9-4)37-27-21-19-15-11-7-2/h48-49,55H,6-47H2,1-5H3. The second-order valence-electron chi connectivity index (χ2n) is 18.4. The quantitative estimate of drug-likeness (QED) is 0.0481. The maximum Gasteiger partial charge on any atom is 0.305 e. The van der Waals surface area contributed by atoms with Crippen LogP contribution in [-0.2, 0) is 23.9 Å². The highest BCUT2D eigenvalue weighted by molar-refractivity contribution is 5.75. The first kappa shape index (κ1) is 58.3. The van der Waals surface area contributed by atoms with E-state index in [4.69, 9.17) is 14.6 Å². The third kappa shape index (κ3) is 39.2. The highest BCUT2D eigenvalue weighted by Crippen LogP contribution is 2.22. The number of aliphatic hydroxyl groups excluding tert-OH is 1. The highest BCUT2D eigenvalue weighted by atomic mass is 16.5. The number of carbonyl (C=O) groups is 3. The van der Waals surface area contributed by atoms with Gasteiger partial charge >= 0.3 is 11.9 Å². The lowest BCUT2D eigenvalue weighted by molar-refractivity contribution is -0.146. The van der Waals surface area contributed by atoms with Crippen LogP contribution in [0.5, 0.6) is 0 Å². The molecule has 1 amide bonds. The number of ether oxygens (including phenoxy) is 2. The molecule has 8 nitrogen and oxygen atoms in total. The molecule has 1 N–H and O–H groups in total. The topological polar surface area (TPSA) is 96.4 Å². The van der Waals surface area contributed by atoms with Crippen LogP contribution in [0.25, 0.3) is 0 Å². The van der Waals surface area contributed by atoms with Crippen molar-refractivity contribution in [2.75, 3.05) is 53.0 Å². The van der Waals surface area contributed by atoms with Crippen molar-refractivity contribution in [3.8, 4) is 0 Å². The van der Waals surface area contributed by atoms with E-state index in [1.54, 1.807) is 4.90 Å². The van der Waals surface area contributed by atoms with Gasteiger partial charge in [0.05, 0.1) is 13.2 Å². The smallest absolute Gasteiger partial charge is 0.305 e. The number of amides is 1. The molecule has 0 rings (SSSR count). The molecule has 0 aromatic carbocycles. The Morgan fingerprint density at radius 2 is 0.767 bits per heavy atom. The molecule has 2 atom stereocenters. The summed E-state index contributed by atoms with van der Waals surface area (Å²) < 4.78 is 11.7. The van der Waals surface area contributed by atoms with E-state index in [0.29, 0.717) is 57.3 Å². The molecule has 0 saturated heterocycles. The third-order valence-electron chi connectivity index (χ3n) is 12.5. The van der Waals surface area contributed by atoms with E-state index in [-0.39, 0.29) is 24.5 Å². The number of esters is 2. The molecular formula is C52H102N2O6. The largest absolute Gasteiger partial charge is 0.465 e. The summed E-state index contributed by atoms with van der Waals surface area (Å²) in [5.41, 5.74) is 0. The summed E-state index contributed by atoms with van der Waals surface area (Å²) in [7, 11) is 1.86. The van der Waals surface area contributed by atoms with Crippen LogP contribution in [0.4, 0.5) is 0 Å². The molecule has 356 valence electrons. The van der Waals surface area contributed by atoms with Gasteiger partial charge in [-0.3, -0.25) is 14.4 Å². The van der Waals surface area contributed by atoms with E-state index in [1.165, 1.54) is 154 Å². The summed E-state index contributed by atoms with van der Waals surface area (Å²) in [6, 6.07) is 0. The third-order valence-corrected chi connectivity index (χ3v) is 12.5. The average molecular weight is 851 g/mol. The Morgan fingerprint density at radius 1 is 0.417 bits per heavy atom. The van der Waals surface area contributed by atoms with Crippen LogP contribution in [0, 0.1) is 11.8 Å². The van der Waals surface area contributed by atoms with Gasteiger partial charge in [-0.1, -0.05) is 169 Å². The van der Waals surface area contributed by atoms with E-state index in [9.17, 15) is 14.4 Å². The minimum atomic E-state index is -0.0407. The van der Waals surface area contributed by atoms with Crippen molar-refractivity contribution in [2.45, 2.75) is 252 Å². The van der Waals surface area contributed by atoms with Gasteiger partial charge in [0.2, 0.25) is 5.91 Å². The normalized spacial score (nSPS) is 12.5. The SMILES string of the molecule is CCCCCCCCC(CCCCCC)COC(=O)CCCCCN(CCCCCC(=O)OCC(CCCCCC)CCCCCCCC)CCCN(C)C(=O)CCCO. The maximum absolute atomic E-state index is 12.8. The van der Waals surface area contributed by atoms with E-state index in [2.05, 4.69) is 32.6 Å². The van der Waals surface area contributed by atoms with Gasteiger partial charge in [-0.15, -0.1) is 0 Å². The fraction of sp³-hybridized carbons (Fsp3) is 0.942. The Hall–Kier alpha value is -1.67. The molecule has 0 radical (unpaired) electrons. The predicted molar refractivity (Wildman–Crippen MR) is 254 cm³/mol. The highest BCUT2D eigenvalue weighted by Gasteiger charge is 2.15. The second-order valence-corrected chi connectivity index (χ2v) is 18.4. The van der Waals surface area contributed by atoms with E-state index in [1.807, 2.05) is 7.05 Å². The molecule has 0 aliphatic rings. The number of hydrogen-bond acceptors (Lipinski definition) is 7. The lowest BCUT2D eigenvalue weighted by Gasteiger charge is -2.24. The molecule has 0 spiro atoms. The molecule has 60 heavy (non-hydrogen) atoms. The molecule has 0 aliphatic heterocycles. The van der Waals surface area contributed by atoms with Gasteiger partial charge < -0.3 is 24.4 Å². The van der Waals surface area contributed by atoms with Crippen LogP contribution in [-0.4, -0.2) is 85.8 Å². The predicted octanol–water partition coefficient (Wildman–Crippen LogP) is 13.8. The molecule has 0 bridgehead atoms. The molecule has 0 heterocycles. The minimum absolute atomic E-state index is 0.0407. The summed E-state index contributed by atoms with van der Waals surface area (Å²) in [5.74, 6) is 1.00. The fourth-order valence-electron chi connectivity index (χ4n) is 8.31. The van der Waals surface area contributed by atoms with Crippen molar-refractivity contribution >= 4 is 17.8 Å². The molecule has 0 aromatic rings. The minimum Gasteiger partial charge on any atom is -0.465 e. The van der Waals surface area contributed by atoms with Crippen LogP contribution in [0.3, 0.4) is 0 Å². The van der Waals surface area contributed by atoms with Gasteiger partial charge in [0.1, 0.15) is 0 Å². The summed E-state index contributed by atoms with van der Waals surface area (Å²) in [6.07, 6.45) is 39.0. The monoisotopic (exact) mass is 851 g/mol. The van der Waals surface area contributed by atoms with Crippen LogP contribution in [0.15, 0.2) is 0 Å². The first-order valence-corrected chi connectivity index (χ1v) is 26.2. The molecule has 0 aliphatic carbocycles. The van der Waals surface area contributed by atoms with E-state index >= 15 is 0 Å². The van der Waals surface area contributed by atoms with Crippen LogP contribution in [0.1, 0.15) is 252 Å². The van der Waals surface area contributed by atoms with Gasteiger partial charge in [0.25, 0.3) is 0 Å². The number of nitrogens with zero attached hydrogens (tertiary/aromatic N) is 2. The van der Waals surface area contributed by atoms with Crippen molar-refractivity contribution in [2.24, 2.45) is 11.8 Å². The van der Waals surface area contributed by atoms with Gasteiger partial charge in [-0.2, -0.15) is 0 Å². The average Bonchev–Trinajstić information content (AvgIpc) is 3.25. The number of rotatable bonds is 47. The van der Waals surface area contributed by atoms with Crippen molar-refractivity contribution in [3.63, 3.8) is 0 Å². The molecular weight excluding hydrogens is 749 g/mol. The van der Waals surface area contributed by atoms with Crippen LogP contribution < -0.4 is 0 Å². The zero-order valence-electron chi connectivity index (χ0n) is 40.7. The Kier molecular flexibility index (Phi) is 44.1. The van der Waals surface area contributed by atoms with Gasteiger partial charge in [0, 0.05) is 39.5 Å². The summed E-state index contributed by atoms with van der Waals surface area (Å²) >= 11 is 0. The van der Waals surface area contributed by atoms with Crippen molar-refractivity contribution in [3.05, 3.63) is 0 Å². The summed E-state index contributed by atoms with van der Waals surface area (Å²) in [6.45, 7) is 13.8. The number of unbranched alkanes of at least 4 members (excludes halogenated alkanes) is 20. The van der Waals surface area contributed by atoms with Gasteiger partial charge in [0.15, 0.2) is 0 Å². The second kappa shape index (κ2) is 45.4. The number of carbonyl (C=O) groups excluding carboxylic acids is 3. The number of aliphatic hydroxyl groups is 1. The molecule has 2 unspecified atom stereocenters. The zero-order valence-corrected chi connectivity index (χ0v) is 40.7. The van der Waals surface area contributed by atoms with Crippen molar-refractivity contribution in [1.29, 1.82) is 0 Å². The first-order valence-electron chi connectivity index (χ1n) is 26.2. The Balaban J connectivity index is 4.77. The van der Waals surface area contributed by atoms with E-state index < -0.39 is 0 Å². The van der Waals surface area contributed by atoms with Crippen LogP contribution in [0.2, 0.25) is 0 Å².